The largest absolute Gasteiger partial charge is 0.444 e. The molecule has 8 heteroatoms. The summed E-state index contributed by atoms with van der Waals surface area (Å²) in [5, 5.41) is 15.4. The molecule has 3 aromatic rings. The van der Waals surface area contributed by atoms with E-state index < -0.39 is 17.7 Å². The number of carbonyl (C=O) groups excluding carboxylic acids is 1. The van der Waals surface area contributed by atoms with Gasteiger partial charge in [0.05, 0.1) is 6.20 Å². The molecule has 0 saturated heterocycles. The number of amides is 1. The third-order valence-electron chi connectivity index (χ3n) is 3.46. The number of hydrogen-bond donors (Lipinski definition) is 1. The van der Waals surface area contributed by atoms with Crippen LogP contribution in [0.3, 0.4) is 0 Å². The van der Waals surface area contributed by atoms with Crippen molar-refractivity contribution in [2.45, 2.75) is 6.61 Å². The Morgan fingerprint density at radius 2 is 2.00 bits per heavy atom. The minimum atomic E-state index is -0.890. The van der Waals surface area contributed by atoms with E-state index in [9.17, 15) is 13.6 Å². The van der Waals surface area contributed by atoms with Crippen molar-refractivity contribution in [3.63, 3.8) is 0 Å². The number of carbonyl (C=O) groups is 1. The predicted octanol–water partition coefficient (Wildman–Crippen LogP) is 3.77. The molecule has 1 heterocycles. The minimum Gasteiger partial charge on any atom is -0.444 e. The summed E-state index contributed by atoms with van der Waals surface area (Å²) in [7, 11) is 0. The first-order valence-corrected chi connectivity index (χ1v) is 7.49. The first kappa shape index (κ1) is 17.1. The van der Waals surface area contributed by atoms with Crippen molar-refractivity contribution >= 4 is 11.9 Å². The van der Waals surface area contributed by atoms with Gasteiger partial charge in [0.1, 0.15) is 29.7 Å². The SMILES string of the molecule is N#Cc1cnn(-c2ccc(F)cc2F)c1NC(=O)OCc1ccccc1. The average molecular weight is 354 g/mol. The van der Waals surface area contributed by atoms with Crippen molar-refractivity contribution in [3.8, 4) is 11.8 Å². The highest BCUT2D eigenvalue weighted by Crippen LogP contribution is 2.22. The van der Waals surface area contributed by atoms with Gasteiger partial charge in [0, 0.05) is 6.07 Å². The Morgan fingerprint density at radius 1 is 1.23 bits per heavy atom. The highest BCUT2D eigenvalue weighted by Gasteiger charge is 2.18. The topological polar surface area (TPSA) is 79.9 Å². The summed E-state index contributed by atoms with van der Waals surface area (Å²) in [6, 6.07) is 13.7. The molecule has 3 rings (SSSR count). The van der Waals surface area contributed by atoms with Crippen molar-refractivity contribution in [1.82, 2.24) is 9.78 Å². The Balaban J connectivity index is 1.82. The number of benzene rings is 2. The third-order valence-corrected chi connectivity index (χ3v) is 3.46. The van der Waals surface area contributed by atoms with Crippen LogP contribution in [0.2, 0.25) is 0 Å². The molecule has 0 aliphatic heterocycles. The third kappa shape index (κ3) is 3.67. The van der Waals surface area contributed by atoms with Crippen LogP contribution in [-0.2, 0) is 11.3 Å². The van der Waals surface area contributed by atoms with Crippen molar-refractivity contribution in [2.24, 2.45) is 0 Å². The van der Waals surface area contributed by atoms with E-state index >= 15 is 0 Å². The maximum absolute atomic E-state index is 14.0. The van der Waals surface area contributed by atoms with Crippen LogP contribution in [0.1, 0.15) is 11.1 Å². The van der Waals surface area contributed by atoms with Gasteiger partial charge in [-0.05, 0) is 17.7 Å². The molecule has 0 saturated carbocycles. The molecule has 0 atom stereocenters. The molecule has 6 nitrogen and oxygen atoms in total. The van der Waals surface area contributed by atoms with Crippen molar-refractivity contribution in [2.75, 3.05) is 5.32 Å². The second kappa shape index (κ2) is 7.44. The number of anilines is 1. The second-order valence-corrected chi connectivity index (χ2v) is 5.21. The molecule has 1 aromatic heterocycles. The maximum atomic E-state index is 14.0. The van der Waals surface area contributed by atoms with Crippen LogP contribution in [0, 0.1) is 23.0 Å². The number of halogens is 2. The van der Waals surface area contributed by atoms with E-state index in [2.05, 4.69) is 10.4 Å². The van der Waals surface area contributed by atoms with Crippen molar-refractivity contribution < 1.29 is 18.3 Å². The lowest BCUT2D eigenvalue weighted by Crippen LogP contribution is -2.17. The van der Waals surface area contributed by atoms with Crippen LogP contribution >= 0.6 is 0 Å². The Bertz CT molecular complexity index is 981. The molecule has 26 heavy (non-hydrogen) atoms. The fourth-order valence-electron chi connectivity index (χ4n) is 2.24. The van der Waals surface area contributed by atoms with Gasteiger partial charge >= 0.3 is 6.09 Å². The Kier molecular flexibility index (Phi) is 4.90. The zero-order chi connectivity index (χ0) is 18.5. The summed E-state index contributed by atoms with van der Waals surface area (Å²) >= 11 is 0. The summed E-state index contributed by atoms with van der Waals surface area (Å²) in [6.07, 6.45) is 0.324. The van der Waals surface area contributed by atoms with Gasteiger partial charge in [0.25, 0.3) is 0 Å². The van der Waals surface area contributed by atoms with Crippen molar-refractivity contribution in [3.05, 3.63) is 77.5 Å². The molecule has 0 fully saturated rings. The molecule has 0 aliphatic carbocycles. The fourth-order valence-corrected chi connectivity index (χ4v) is 2.24. The van der Waals surface area contributed by atoms with E-state index in [0.29, 0.717) is 6.07 Å². The van der Waals surface area contributed by atoms with E-state index in [1.54, 1.807) is 24.3 Å². The van der Waals surface area contributed by atoms with Crippen LogP contribution in [0.15, 0.2) is 54.7 Å². The van der Waals surface area contributed by atoms with E-state index in [4.69, 9.17) is 10.00 Å². The minimum absolute atomic E-state index is 0.00499. The molecule has 1 amide bonds. The van der Waals surface area contributed by atoms with Gasteiger partial charge in [-0.15, -0.1) is 0 Å². The molecule has 0 radical (unpaired) electrons. The van der Waals surface area contributed by atoms with Gasteiger partial charge in [-0.2, -0.15) is 10.4 Å². The van der Waals surface area contributed by atoms with Gasteiger partial charge in [-0.3, -0.25) is 5.32 Å². The van der Waals surface area contributed by atoms with Gasteiger partial charge in [-0.1, -0.05) is 30.3 Å². The zero-order valence-corrected chi connectivity index (χ0v) is 13.3. The zero-order valence-electron chi connectivity index (χ0n) is 13.3. The van der Waals surface area contributed by atoms with Crippen LogP contribution in [0.4, 0.5) is 19.4 Å². The maximum Gasteiger partial charge on any atom is 0.413 e. The number of nitrogens with one attached hydrogen (secondary N) is 1. The highest BCUT2D eigenvalue weighted by atomic mass is 19.1. The number of hydrogen-bond acceptors (Lipinski definition) is 4. The smallest absolute Gasteiger partial charge is 0.413 e. The van der Waals surface area contributed by atoms with E-state index in [-0.39, 0.29) is 23.7 Å². The fraction of sp³-hybridized carbons (Fsp3) is 0.0556. The summed E-state index contributed by atoms with van der Waals surface area (Å²) < 4.78 is 33.2. The molecule has 0 spiro atoms. The number of nitrogens with zero attached hydrogens (tertiary/aromatic N) is 3. The van der Waals surface area contributed by atoms with E-state index in [1.165, 1.54) is 0 Å². The lowest BCUT2D eigenvalue weighted by Gasteiger charge is -2.11. The van der Waals surface area contributed by atoms with Gasteiger partial charge in [0.2, 0.25) is 0 Å². The molecule has 0 bridgehead atoms. The quantitative estimate of drug-likeness (QED) is 0.773. The second-order valence-electron chi connectivity index (χ2n) is 5.21. The number of ether oxygens (including phenoxy) is 1. The Morgan fingerprint density at radius 3 is 2.69 bits per heavy atom. The predicted molar refractivity (Wildman–Crippen MR) is 88.4 cm³/mol. The molecule has 0 aliphatic rings. The van der Waals surface area contributed by atoms with E-state index in [1.807, 2.05) is 12.1 Å². The molecular weight excluding hydrogens is 342 g/mol. The standard InChI is InChI=1S/C18H12F2N4O2/c19-14-6-7-16(15(20)8-14)24-17(13(9-21)10-22-24)23-18(25)26-11-12-4-2-1-3-5-12/h1-8,10H,11H2,(H,23,25). The van der Waals surface area contributed by atoms with Crippen LogP contribution < -0.4 is 5.32 Å². The van der Waals surface area contributed by atoms with Gasteiger partial charge < -0.3 is 4.74 Å². The molecule has 2 aromatic carbocycles. The molecule has 1 N–H and O–H groups in total. The number of aromatic nitrogens is 2. The number of rotatable bonds is 4. The average Bonchev–Trinajstić information content (AvgIpc) is 3.03. The molecular formula is C18H12F2N4O2. The summed E-state index contributed by atoms with van der Waals surface area (Å²) in [6.45, 7) is 0.0214. The van der Waals surface area contributed by atoms with Gasteiger partial charge in [0.15, 0.2) is 11.6 Å². The normalized spacial score (nSPS) is 10.2. The van der Waals surface area contributed by atoms with Crippen LogP contribution in [0.25, 0.3) is 5.69 Å². The first-order valence-electron chi connectivity index (χ1n) is 7.49. The monoisotopic (exact) mass is 354 g/mol. The molecule has 0 unspecified atom stereocenters. The lowest BCUT2D eigenvalue weighted by molar-refractivity contribution is 0.155. The Hall–Kier alpha value is -3.73. The van der Waals surface area contributed by atoms with Crippen LogP contribution in [-0.4, -0.2) is 15.9 Å². The van der Waals surface area contributed by atoms with Gasteiger partial charge in [-0.25, -0.2) is 18.3 Å². The summed E-state index contributed by atoms with van der Waals surface area (Å²) in [4.78, 5) is 12.0. The van der Waals surface area contributed by atoms with Crippen molar-refractivity contribution in [1.29, 1.82) is 5.26 Å². The van der Waals surface area contributed by atoms with E-state index in [0.717, 1.165) is 28.6 Å². The molecule has 130 valence electrons. The highest BCUT2D eigenvalue weighted by molar-refractivity contribution is 5.85. The van der Waals surface area contributed by atoms with Crippen LogP contribution in [0.5, 0.6) is 0 Å². The number of nitriles is 1. The summed E-state index contributed by atoms with van der Waals surface area (Å²) in [5.41, 5.74) is 0.665. The summed E-state index contributed by atoms with van der Waals surface area (Å²) in [5.74, 6) is -1.72. The first-order chi connectivity index (χ1) is 12.6. The lowest BCUT2D eigenvalue weighted by atomic mass is 10.2. The Labute approximate surface area is 147 Å².